The van der Waals surface area contributed by atoms with Gasteiger partial charge in [-0.05, 0) is 0 Å². The first-order valence-corrected chi connectivity index (χ1v) is 5.80. The van der Waals surface area contributed by atoms with Gasteiger partial charge in [-0.1, -0.05) is 0 Å². The monoisotopic (exact) mass is 294 g/mol. The molecule has 0 amide bonds. The number of aromatic nitrogens is 3. The molecule has 0 bridgehead atoms. The van der Waals surface area contributed by atoms with Crippen molar-refractivity contribution in [1.82, 2.24) is 14.4 Å². The Morgan fingerprint density at radius 2 is 1.86 bits per heavy atom. The van der Waals surface area contributed by atoms with Gasteiger partial charge in [0.05, 0.1) is 6.20 Å². The summed E-state index contributed by atoms with van der Waals surface area (Å²) in [6.45, 7) is 0. The minimum absolute atomic E-state index is 0.00188. The van der Waals surface area contributed by atoms with Gasteiger partial charge in [-0.15, -0.1) is 0 Å². The molecule has 2 heterocycles. The van der Waals surface area contributed by atoms with E-state index in [0.29, 0.717) is 11.5 Å². The Hall–Kier alpha value is -2.81. The normalized spacial score (nSPS) is 10.9. The van der Waals surface area contributed by atoms with Crippen LogP contribution in [0, 0.1) is 17.5 Å². The van der Waals surface area contributed by atoms with Crippen LogP contribution in [0.1, 0.15) is 0 Å². The Bertz CT molecular complexity index is 793. The van der Waals surface area contributed by atoms with Crippen LogP contribution in [0.3, 0.4) is 0 Å². The van der Waals surface area contributed by atoms with E-state index in [2.05, 4.69) is 20.7 Å². The third-order valence-corrected chi connectivity index (χ3v) is 2.77. The number of nitrogens with zero attached hydrogens (tertiary/aromatic N) is 3. The van der Waals surface area contributed by atoms with Crippen LogP contribution in [-0.4, -0.2) is 14.4 Å². The van der Waals surface area contributed by atoms with Crippen LogP contribution < -0.4 is 16.6 Å². The quantitative estimate of drug-likeness (QED) is 0.392. The van der Waals surface area contributed by atoms with Crippen LogP contribution in [0.5, 0.6) is 0 Å². The Balaban J connectivity index is 2.07. The van der Waals surface area contributed by atoms with Crippen LogP contribution in [0.2, 0.25) is 0 Å². The van der Waals surface area contributed by atoms with Gasteiger partial charge >= 0.3 is 0 Å². The predicted molar refractivity (Wildman–Crippen MR) is 70.4 cm³/mol. The molecule has 9 heteroatoms. The van der Waals surface area contributed by atoms with E-state index in [1.165, 1.54) is 6.20 Å². The van der Waals surface area contributed by atoms with Gasteiger partial charge in [-0.2, -0.15) is 0 Å². The Labute approximate surface area is 116 Å². The van der Waals surface area contributed by atoms with E-state index >= 15 is 0 Å². The molecule has 1 aromatic carbocycles. The molecule has 0 aliphatic rings. The first-order valence-electron chi connectivity index (χ1n) is 5.80. The maximum absolute atomic E-state index is 13.2. The van der Waals surface area contributed by atoms with Crippen LogP contribution in [0.15, 0.2) is 30.7 Å². The van der Waals surface area contributed by atoms with Gasteiger partial charge in [-0.25, -0.2) is 29.0 Å². The summed E-state index contributed by atoms with van der Waals surface area (Å²) in [6, 6.07) is 1.64. The van der Waals surface area contributed by atoms with Crippen LogP contribution in [-0.2, 0) is 0 Å². The Morgan fingerprint density at radius 1 is 1.14 bits per heavy atom. The van der Waals surface area contributed by atoms with E-state index in [4.69, 9.17) is 5.84 Å². The van der Waals surface area contributed by atoms with E-state index in [1.54, 1.807) is 16.8 Å². The fourth-order valence-electron chi connectivity index (χ4n) is 1.85. The van der Waals surface area contributed by atoms with Gasteiger partial charge in [0.25, 0.3) is 0 Å². The first-order chi connectivity index (χ1) is 10.1. The van der Waals surface area contributed by atoms with E-state index in [1.807, 2.05) is 0 Å². The molecule has 0 saturated carbocycles. The fourth-order valence-corrected chi connectivity index (χ4v) is 1.85. The van der Waals surface area contributed by atoms with Crippen molar-refractivity contribution >= 4 is 23.0 Å². The minimum atomic E-state index is -1.53. The number of hydrogen-bond donors (Lipinski definition) is 3. The van der Waals surface area contributed by atoms with Crippen LogP contribution in [0.4, 0.5) is 30.5 Å². The van der Waals surface area contributed by atoms with Crippen molar-refractivity contribution in [1.29, 1.82) is 0 Å². The molecule has 0 atom stereocenters. The summed E-state index contributed by atoms with van der Waals surface area (Å²) in [6.07, 6.45) is 4.75. The number of nitrogen functional groups attached to an aromatic ring is 1. The smallest absolute Gasteiger partial charge is 0.194 e. The number of benzene rings is 1. The topological polar surface area (TPSA) is 80.3 Å². The molecule has 2 aromatic heterocycles. The summed E-state index contributed by atoms with van der Waals surface area (Å²) >= 11 is 0. The van der Waals surface area contributed by atoms with Crippen molar-refractivity contribution in [2.75, 3.05) is 10.7 Å². The number of hydrazine groups is 1. The number of imidazole rings is 1. The molecule has 0 saturated heterocycles. The second-order valence-electron chi connectivity index (χ2n) is 4.16. The molecule has 108 valence electrons. The molecular formula is C12H9F3N6. The van der Waals surface area contributed by atoms with Crippen molar-refractivity contribution < 1.29 is 13.2 Å². The van der Waals surface area contributed by atoms with Gasteiger partial charge < -0.3 is 15.1 Å². The highest BCUT2D eigenvalue weighted by Crippen LogP contribution is 2.23. The number of halogens is 3. The number of fused-ring (bicyclic) bond motifs is 1. The first kappa shape index (κ1) is 13.2. The van der Waals surface area contributed by atoms with E-state index in [0.717, 1.165) is 12.1 Å². The number of nitrogens with one attached hydrogen (secondary N) is 2. The van der Waals surface area contributed by atoms with Crippen molar-refractivity contribution in [2.24, 2.45) is 5.84 Å². The number of hydrogen-bond acceptors (Lipinski definition) is 5. The summed E-state index contributed by atoms with van der Waals surface area (Å²) < 4.78 is 41.0. The summed E-state index contributed by atoms with van der Waals surface area (Å²) in [7, 11) is 0. The molecule has 4 N–H and O–H groups in total. The third-order valence-electron chi connectivity index (χ3n) is 2.77. The van der Waals surface area contributed by atoms with Crippen molar-refractivity contribution in [3.63, 3.8) is 0 Å². The average Bonchev–Trinajstić information content (AvgIpc) is 2.93. The molecule has 0 unspecified atom stereocenters. The SMILES string of the molecule is NNc1cn2ccnc2c(Nc2cc(F)c(F)c(F)c2)n1. The van der Waals surface area contributed by atoms with Crippen LogP contribution in [0.25, 0.3) is 5.65 Å². The molecule has 21 heavy (non-hydrogen) atoms. The van der Waals surface area contributed by atoms with Gasteiger partial charge in [0, 0.05) is 30.2 Å². The van der Waals surface area contributed by atoms with Crippen molar-refractivity contribution in [2.45, 2.75) is 0 Å². The molecule has 3 rings (SSSR count). The minimum Gasteiger partial charge on any atom is -0.337 e. The highest BCUT2D eigenvalue weighted by molar-refractivity contribution is 5.71. The Morgan fingerprint density at radius 3 is 2.52 bits per heavy atom. The Kier molecular flexibility index (Phi) is 3.10. The molecule has 0 radical (unpaired) electrons. The number of rotatable bonds is 3. The lowest BCUT2D eigenvalue weighted by Crippen LogP contribution is -2.11. The highest BCUT2D eigenvalue weighted by Gasteiger charge is 2.13. The molecule has 0 fully saturated rings. The van der Waals surface area contributed by atoms with Gasteiger partial charge in [-0.3, -0.25) is 0 Å². The fraction of sp³-hybridized carbons (Fsp3) is 0. The lowest BCUT2D eigenvalue weighted by Gasteiger charge is -2.10. The predicted octanol–water partition coefficient (Wildman–Crippen LogP) is 2.18. The zero-order chi connectivity index (χ0) is 15.0. The molecular weight excluding hydrogens is 285 g/mol. The highest BCUT2D eigenvalue weighted by atomic mass is 19.2. The van der Waals surface area contributed by atoms with Gasteiger partial charge in [0.2, 0.25) is 0 Å². The average molecular weight is 294 g/mol. The summed E-state index contributed by atoms with van der Waals surface area (Å²) in [4.78, 5) is 8.16. The number of anilines is 3. The molecule has 0 spiro atoms. The van der Waals surface area contributed by atoms with E-state index < -0.39 is 17.5 Å². The largest absolute Gasteiger partial charge is 0.337 e. The lowest BCUT2D eigenvalue weighted by atomic mass is 10.3. The zero-order valence-electron chi connectivity index (χ0n) is 10.4. The third kappa shape index (κ3) is 2.34. The second-order valence-corrected chi connectivity index (χ2v) is 4.16. The zero-order valence-corrected chi connectivity index (χ0v) is 10.4. The molecule has 0 aliphatic carbocycles. The van der Waals surface area contributed by atoms with Crippen molar-refractivity contribution in [3.05, 3.63) is 48.2 Å². The standard InChI is InChI=1S/C12H9F3N6/c13-7-3-6(4-8(14)10(7)15)18-11-12-17-1-2-21(12)5-9(19-11)20-16/h1-5,20H,16H2,(H,18,19). The lowest BCUT2D eigenvalue weighted by molar-refractivity contribution is 0.448. The summed E-state index contributed by atoms with van der Waals surface area (Å²) in [5.74, 6) is 1.68. The molecule has 6 nitrogen and oxygen atoms in total. The van der Waals surface area contributed by atoms with Gasteiger partial charge in [0.15, 0.2) is 34.7 Å². The van der Waals surface area contributed by atoms with E-state index in [-0.39, 0.29) is 11.5 Å². The maximum Gasteiger partial charge on any atom is 0.194 e. The summed E-state index contributed by atoms with van der Waals surface area (Å²) in [5, 5.41) is 2.68. The van der Waals surface area contributed by atoms with Crippen molar-refractivity contribution in [3.8, 4) is 0 Å². The van der Waals surface area contributed by atoms with Gasteiger partial charge in [0.1, 0.15) is 0 Å². The second kappa shape index (κ2) is 4.94. The van der Waals surface area contributed by atoms with Crippen LogP contribution >= 0.6 is 0 Å². The molecule has 0 aliphatic heterocycles. The number of nitrogens with two attached hydrogens (primary N) is 1. The molecule has 3 aromatic rings. The van der Waals surface area contributed by atoms with E-state index in [9.17, 15) is 13.2 Å². The summed E-state index contributed by atoms with van der Waals surface area (Å²) in [5.41, 5.74) is 2.77. The maximum atomic E-state index is 13.2.